The molecule has 0 amide bonds. The highest BCUT2D eigenvalue weighted by atomic mass is 79.9. The molecule has 0 saturated heterocycles. The van der Waals surface area contributed by atoms with Gasteiger partial charge in [0.1, 0.15) is 29.8 Å². The van der Waals surface area contributed by atoms with E-state index in [1.807, 2.05) is 49.4 Å². The molecule has 0 bridgehead atoms. The predicted molar refractivity (Wildman–Crippen MR) is 120 cm³/mol. The third-order valence-corrected chi connectivity index (χ3v) is 5.39. The van der Waals surface area contributed by atoms with Gasteiger partial charge in [0.15, 0.2) is 0 Å². The molecular formula is C22H17Br2N3O. The van der Waals surface area contributed by atoms with E-state index in [4.69, 9.17) is 10.5 Å². The first kappa shape index (κ1) is 20.1. The summed E-state index contributed by atoms with van der Waals surface area (Å²) in [5, 5.41) is 9.80. The highest BCUT2D eigenvalue weighted by molar-refractivity contribution is 9.11. The minimum Gasteiger partial charge on any atom is -0.487 e. The number of hydrogen-bond acceptors (Lipinski definition) is 4. The maximum absolute atomic E-state index is 9.80. The molecule has 0 aliphatic carbocycles. The number of aryl methyl sites for hydroxylation is 1. The summed E-state index contributed by atoms with van der Waals surface area (Å²) in [5.41, 5.74) is 10.6. The molecule has 2 aromatic carbocycles. The lowest BCUT2D eigenvalue weighted by atomic mass is 9.90. The number of nitrogens with zero attached hydrogens (tertiary/aromatic N) is 2. The topological polar surface area (TPSA) is 71.9 Å². The largest absolute Gasteiger partial charge is 0.487 e. The van der Waals surface area contributed by atoms with E-state index in [1.165, 1.54) is 0 Å². The van der Waals surface area contributed by atoms with Crippen molar-refractivity contribution >= 4 is 37.7 Å². The van der Waals surface area contributed by atoms with E-state index >= 15 is 0 Å². The van der Waals surface area contributed by atoms with Crippen molar-refractivity contribution in [2.75, 3.05) is 12.3 Å². The van der Waals surface area contributed by atoms with E-state index in [9.17, 15) is 5.26 Å². The Hall–Kier alpha value is -2.62. The van der Waals surface area contributed by atoms with Crippen LogP contribution in [0, 0.1) is 18.3 Å². The SMILES string of the molecule is C=CCOc1c(Br)cc(-c2c(C#N)c(N)nc(C)c2-c2ccccc2)cc1Br. The molecule has 0 spiro atoms. The Morgan fingerprint density at radius 1 is 1.14 bits per heavy atom. The second kappa shape index (κ2) is 8.59. The number of hydrogen-bond donors (Lipinski definition) is 1. The Balaban J connectivity index is 2.33. The average molecular weight is 499 g/mol. The molecule has 0 fully saturated rings. The van der Waals surface area contributed by atoms with Crippen molar-refractivity contribution in [3.05, 3.63) is 75.3 Å². The minimum absolute atomic E-state index is 0.217. The average Bonchev–Trinajstić information content (AvgIpc) is 2.67. The standard InChI is InChI=1S/C22H17Br2N3O/c1-3-9-28-21-17(23)10-15(11-18(21)24)20-16(12-25)22(26)27-13(2)19(20)14-7-5-4-6-8-14/h3-8,10-11H,1,9H2,2H3,(H2,26,27). The molecule has 0 saturated carbocycles. The van der Waals surface area contributed by atoms with Crippen LogP contribution in [0.4, 0.5) is 5.82 Å². The van der Waals surface area contributed by atoms with Crippen LogP contribution in [0.3, 0.4) is 0 Å². The van der Waals surface area contributed by atoms with E-state index in [0.29, 0.717) is 17.9 Å². The summed E-state index contributed by atoms with van der Waals surface area (Å²) in [4.78, 5) is 4.41. The van der Waals surface area contributed by atoms with Crippen LogP contribution in [0.5, 0.6) is 5.75 Å². The van der Waals surface area contributed by atoms with Gasteiger partial charge in [0.25, 0.3) is 0 Å². The van der Waals surface area contributed by atoms with Gasteiger partial charge >= 0.3 is 0 Å². The second-order valence-electron chi connectivity index (χ2n) is 6.05. The van der Waals surface area contributed by atoms with Gasteiger partial charge in [-0.15, -0.1) is 0 Å². The van der Waals surface area contributed by atoms with E-state index in [1.54, 1.807) is 6.08 Å². The third-order valence-electron chi connectivity index (χ3n) is 4.21. The first-order chi connectivity index (χ1) is 13.5. The van der Waals surface area contributed by atoms with E-state index in [2.05, 4.69) is 49.5 Å². The molecule has 2 N–H and O–H groups in total. The van der Waals surface area contributed by atoms with Crippen molar-refractivity contribution in [2.24, 2.45) is 0 Å². The lowest BCUT2D eigenvalue weighted by Gasteiger charge is -2.18. The van der Waals surface area contributed by atoms with E-state index in [-0.39, 0.29) is 5.82 Å². The second-order valence-corrected chi connectivity index (χ2v) is 7.76. The number of nitriles is 1. The number of nitrogen functional groups attached to an aromatic ring is 1. The zero-order chi connectivity index (χ0) is 20.3. The van der Waals surface area contributed by atoms with Crippen molar-refractivity contribution in [3.8, 4) is 34.1 Å². The van der Waals surface area contributed by atoms with E-state index in [0.717, 1.165) is 36.9 Å². The van der Waals surface area contributed by atoms with Gasteiger partial charge in [0.05, 0.1) is 8.95 Å². The summed E-state index contributed by atoms with van der Waals surface area (Å²) in [6, 6.07) is 15.9. The maximum Gasteiger partial charge on any atom is 0.148 e. The third kappa shape index (κ3) is 3.82. The minimum atomic E-state index is 0.217. The Bertz CT molecular complexity index is 1070. The lowest BCUT2D eigenvalue weighted by molar-refractivity contribution is 0.358. The van der Waals surface area contributed by atoms with Gasteiger partial charge in [-0.05, 0) is 62.0 Å². The van der Waals surface area contributed by atoms with Gasteiger partial charge in [-0.25, -0.2) is 4.98 Å². The fourth-order valence-corrected chi connectivity index (χ4v) is 4.49. The van der Waals surface area contributed by atoms with E-state index < -0.39 is 0 Å². The van der Waals surface area contributed by atoms with Crippen LogP contribution in [0.25, 0.3) is 22.3 Å². The quantitative estimate of drug-likeness (QED) is 0.421. The molecule has 1 heterocycles. The highest BCUT2D eigenvalue weighted by Crippen LogP contribution is 2.43. The first-order valence-electron chi connectivity index (χ1n) is 8.46. The monoisotopic (exact) mass is 497 g/mol. The molecule has 140 valence electrons. The number of nitrogens with two attached hydrogens (primary N) is 1. The van der Waals surface area contributed by atoms with Gasteiger partial charge < -0.3 is 10.5 Å². The smallest absolute Gasteiger partial charge is 0.148 e. The molecule has 3 aromatic rings. The van der Waals surface area contributed by atoms with Crippen LogP contribution in [-0.4, -0.2) is 11.6 Å². The number of pyridine rings is 1. The zero-order valence-corrected chi connectivity index (χ0v) is 18.3. The number of ether oxygens (including phenoxy) is 1. The van der Waals surface area contributed by atoms with Crippen LogP contribution in [0.2, 0.25) is 0 Å². The van der Waals surface area contributed by atoms with Crippen molar-refractivity contribution in [1.29, 1.82) is 5.26 Å². The number of rotatable bonds is 5. The summed E-state index contributed by atoms with van der Waals surface area (Å²) in [7, 11) is 0. The number of benzene rings is 2. The van der Waals surface area contributed by atoms with Gasteiger partial charge in [-0.1, -0.05) is 43.0 Å². The van der Waals surface area contributed by atoms with Gasteiger partial charge in [0.2, 0.25) is 0 Å². The Labute approximate surface area is 180 Å². The Morgan fingerprint density at radius 2 is 1.79 bits per heavy atom. The molecular weight excluding hydrogens is 482 g/mol. The van der Waals surface area contributed by atoms with Crippen LogP contribution < -0.4 is 10.5 Å². The highest BCUT2D eigenvalue weighted by Gasteiger charge is 2.21. The summed E-state index contributed by atoms with van der Waals surface area (Å²) in [6.07, 6.45) is 1.68. The number of anilines is 1. The first-order valence-corrected chi connectivity index (χ1v) is 10.0. The summed E-state index contributed by atoms with van der Waals surface area (Å²) in [5.74, 6) is 0.885. The molecule has 6 heteroatoms. The summed E-state index contributed by atoms with van der Waals surface area (Å²) < 4.78 is 7.23. The van der Waals surface area contributed by atoms with Crippen molar-refractivity contribution < 1.29 is 4.74 Å². The molecule has 4 nitrogen and oxygen atoms in total. The van der Waals surface area contributed by atoms with Crippen molar-refractivity contribution in [1.82, 2.24) is 4.98 Å². The van der Waals surface area contributed by atoms with Gasteiger partial charge in [0, 0.05) is 16.8 Å². The Kier molecular flexibility index (Phi) is 6.18. The van der Waals surface area contributed by atoms with Gasteiger partial charge in [-0.2, -0.15) is 5.26 Å². The molecule has 3 rings (SSSR count). The number of aromatic nitrogens is 1. The molecule has 28 heavy (non-hydrogen) atoms. The van der Waals surface area contributed by atoms with Crippen LogP contribution in [0.1, 0.15) is 11.3 Å². The molecule has 0 aliphatic heterocycles. The summed E-state index contributed by atoms with van der Waals surface area (Å²) >= 11 is 7.14. The van der Waals surface area contributed by atoms with Crippen LogP contribution >= 0.6 is 31.9 Å². The molecule has 1 aromatic heterocycles. The van der Waals surface area contributed by atoms with Crippen molar-refractivity contribution in [3.63, 3.8) is 0 Å². The molecule has 0 aliphatic rings. The maximum atomic E-state index is 9.80. The fraction of sp³-hybridized carbons (Fsp3) is 0.0909. The predicted octanol–water partition coefficient (Wildman–Crippen LogP) is 6.27. The fourth-order valence-electron chi connectivity index (χ4n) is 3.07. The molecule has 0 atom stereocenters. The normalized spacial score (nSPS) is 10.4. The van der Waals surface area contributed by atoms with Crippen LogP contribution in [0.15, 0.2) is 64.1 Å². The molecule has 0 unspecified atom stereocenters. The lowest BCUT2D eigenvalue weighted by Crippen LogP contribution is -2.03. The summed E-state index contributed by atoms with van der Waals surface area (Å²) in [6.45, 7) is 5.96. The van der Waals surface area contributed by atoms with Crippen LogP contribution in [-0.2, 0) is 0 Å². The van der Waals surface area contributed by atoms with Gasteiger partial charge in [-0.3, -0.25) is 0 Å². The Morgan fingerprint density at radius 3 is 2.36 bits per heavy atom. The number of halogens is 2. The zero-order valence-electron chi connectivity index (χ0n) is 15.2. The molecule has 0 radical (unpaired) electrons. The van der Waals surface area contributed by atoms with Crippen molar-refractivity contribution in [2.45, 2.75) is 6.92 Å².